The third-order valence-corrected chi connectivity index (χ3v) is 3.69. The van der Waals surface area contributed by atoms with Crippen LogP contribution >= 0.6 is 11.6 Å². The number of rotatable bonds is 6. The average Bonchev–Trinajstić information content (AvgIpc) is 2.92. The predicted octanol–water partition coefficient (Wildman–Crippen LogP) is 3.35. The van der Waals surface area contributed by atoms with Crippen LogP contribution in [0.3, 0.4) is 0 Å². The molecule has 118 valence electrons. The lowest BCUT2D eigenvalue weighted by Gasteiger charge is -2.19. The molecular weight excluding hydrogens is 302 g/mol. The van der Waals surface area contributed by atoms with Crippen LogP contribution in [0, 0.1) is 0 Å². The van der Waals surface area contributed by atoms with Crippen LogP contribution in [0.2, 0.25) is 5.02 Å². The number of nitrogens with one attached hydrogen (secondary N) is 1. The fourth-order valence-corrected chi connectivity index (χ4v) is 2.53. The van der Waals surface area contributed by atoms with Gasteiger partial charge in [-0.25, -0.2) is 4.98 Å². The highest BCUT2D eigenvalue weighted by atomic mass is 35.5. The van der Waals surface area contributed by atoms with Crippen LogP contribution in [0.4, 0.5) is 0 Å². The molecule has 0 aliphatic carbocycles. The number of carbonyl (C=O) groups excluding carboxylic acids is 1. The summed E-state index contributed by atoms with van der Waals surface area (Å²) in [6.45, 7) is 2.07. The second-order valence-corrected chi connectivity index (χ2v) is 5.49. The van der Waals surface area contributed by atoms with Crippen LogP contribution in [0.25, 0.3) is 0 Å². The van der Waals surface area contributed by atoms with Gasteiger partial charge in [-0.05, 0) is 24.6 Å². The van der Waals surface area contributed by atoms with E-state index in [9.17, 15) is 4.79 Å². The van der Waals surface area contributed by atoms with Gasteiger partial charge in [0.2, 0.25) is 0 Å². The largest absolute Gasteiger partial charge is 0.496 e. The zero-order valence-electron chi connectivity index (χ0n) is 13.0. The molecule has 1 N–H and O–H groups in total. The standard InChI is InChI=1S/C16H20ClN3O2/c1-4-5-13(15-18-8-9-20(15)2)19-16(21)12-10-11(17)6-7-14(12)22-3/h6-10,13H,4-5H2,1-3H3,(H,19,21)/t13-/m0/s1. The highest BCUT2D eigenvalue weighted by molar-refractivity contribution is 6.31. The highest BCUT2D eigenvalue weighted by Crippen LogP contribution is 2.24. The molecule has 0 spiro atoms. The van der Waals surface area contributed by atoms with Gasteiger partial charge in [0.1, 0.15) is 11.6 Å². The molecule has 22 heavy (non-hydrogen) atoms. The van der Waals surface area contributed by atoms with E-state index in [-0.39, 0.29) is 11.9 Å². The lowest BCUT2D eigenvalue weighted by atomic mass is 10.1. The van der Waals surface area contributed by atoms with Crippen LogP contribution in [0.1, 0.15) is 42.0 Å². The number of nitrogens with zero attached hydrogens (tertiary/aromatic N) is 2. The molecule has 1 atom stereocenters. The van der Waals surface area contributed by atoms with E-state index in [0.717, 1.165) is 18.7 Å². The molecule has 2 aromatic rings. The fourth-order valence-electron chi connectivity index (χ4n) is 2.36. The Bertz CT molecular complexity index is 655. The van der Waals surface area contributed by atoms with Crippen molar-refractivity contribution in [3.05, 3.63) is 47.0 Å². The monoisotopic (exact) mass is 321 g/mol. The van der Waals surface area contributed by atoms with Gasteiger partial charge in [0, 0.05) is 24.5 Å². The Morgan fingerprint density at radius 2 is 2.27 bits per heavy atom. The van der Waals surface area contributed by atoms with Gasteiger partial charge in [-0.1, -0.05) is 24.9 Å². The third kappa shape index (κ3) is 3.60. The molecule has 0 saturated heterocycles. The summed E-state index contributed by atoms with van der Waals surface area (Å²) in [5.74, 6) is 1.11. The zero-order chi connectivity index (χ0) is 16.1. The van der Waals surface area contributed by atoms with Crippen molar-refractivity contribution < 1.29 is 9.53 Å². The van der Waals surface area contributed by atoms with Crippen LogP contribution in [-0.4, -0.2) is 22.6 Å². The summed E-state index contributed by atoms with van der Waals surface area (Å²) < 4.78 is 7.15. The normalized spacial score (nSPS) is 12.0. The zero-order valence-corrected chi connectivity index (χ0v) is 13.7. The maximum atomic E-state index is 12.6. The minimum Gasteiger partial charge on any atom is -0.496 e. The Morgan fingerprint density at radius 3 is 2.86 bits per heavy atom. The highest BCUT2D eigenvalue weighted by Gasteiger charge is 2.20. The summed E-state index contributed by atoms with van der Waals surface area (Å²) in [4.78, 5) is 16.9. The average molecular weight is 322 g/mol. The molecule has 0 saturated carbocycles. The molecule has 0 bridgehead atoms. The summed E-state index contributed by atoms with van der Waals surface area (Å²) in [6, 6.07) is 4.84. The Balaban J connectivity index is 2.25. The van der Waals surface area contributed by atoms with E-state index in [2.05, 4.69) is 17.2 Å². The van der Waals surface area contributed by atoms with E-state index in [0.29, 0.717) is 16.3 Å². The maximum Gasteiger partial charge on any atom is 0.255 e. The molecule has 0 aliphatic heterocycles. The van der Waals surface area contributed by atoms with Crippen molar-refractivity contribution in [2.24, 2.45) is 7.05 Å². The Morgan fingerprint density at radius 1 is 1.50 bits per heavy atom. The van der Waals surface area contributed by atoms with E-state index < -0.39 is 0 Å². The van der Waals surface area contributed by atoms with Crippen molar-refractivity contribution in [2.45, 2.75) is 25.8 Å². The van der Waals surface area contributed by atoms with Gasteiger partial charge in [0.05, 0.1) is 18.7 Å². The SMILES string of the molecule is CCC[C@H](NC(=O)c1cc(Cl)ccc1OC)c1nccn1C. The number of halogens is 1. The van der Waals surface area contributed by atoms with Gasteiger partial charge in [-0.3, -0.25) is 4.79 Å². The van der Waals surface area contributed by atoms with Gasteiger partial charge in [-0.2, -0.15) is 0 Å². The number of imidazole rings is 1. The minimum absolute atomic E-state index is 0.152. The van der Waals surface area contributed by atoms with Crippen LogP contribution in [-0.2, 0) is 7.05 Å². The van der Waals surface area contributed by atoms with E-state index in [4.69, 9.17) is 16.3 Å². The number of hydrogen-bond donors (Lipinski definition) is 1. The first-order chi connectivity index (χ1) is 10.6. The van der Waals surface area contributed by atoms with E-state index in [1.165, 1.54) is 7.11 Å². The Kier molecular flexibility index (Phi) is 5.44. The minimum atomic E-state index is -0.221. The number of carbonyl (C=O) groups is 1. The third-order valence-electron chi connectivity index (χ3n) is 3.46. The molecule has 0 radical (unpaired) electrons. The topological polar surface area (TPSA) is 56.1 Å². The fraction of sp³-hybridized carbons (Fsp3) is 0.375. The van der Waals surface area contributed by atoms with E-state index in [1.54, 1.807) is 24.4 Å². The first-order valence-electron chi connectivity index (χ1n) is 7.18. The summed E-state index contributed by atoms with van der Waals surface area (Å²) in [5, 5.41) is 3.51. The van der Waals surface area contributed by atoms with Crippen molar-refractivity contribution in [1.29, 1.82) is 0 Å². The number of benzene rings is 1. The number of ether oxygens (including phenoxy) is 1. The van der Waals surface area contributed by atoms with Gasteiger partial charge < -0.3 is 14.6 Å². The maximum absolute atomic E-state index is 12.6. The number of aromatic nitrogens is 2. The second kappa shape index (κ2) is 7.31. The van der Waals surface area contributed by atoms with Crippen molar-refractivity contribution in [1.82, 2.24) is 14.9 Å². The first kappa shape index (κ1) is 16.4. The van der Waals surface area contributed by atoms with Gasteiger partial charge in [-0.15, -0.1) is 0 Å². The number of hydrogen-bond acceptors (Lipinski definition) is 3. The van der Waals surface area contributed by atoms with Crippen molar-refractivity contribution in [2.75, 3.05) is 7.11 Å². The number of aryl methyl sites for hydroxylation is 1. The van der Waals surface area contributed by atoms with Crippen LogP contribution in [0.5, 0.6) is 5.75 Å². The van der Waals surface area contributed by atoms with E-state index >= 15 is 0 Å². The molecule has 0 fully saturated rings. The van der Waals surface area contributed by atoms with E-state index in [1.807, 2.05) is 17.8 Å². The molecule has 5 nitrogen and oxygen atoms in total. The molecule has 1 aromatic carbocycles. The van der Waals surface area contributed by atoms with Crippen molar-refractivity contribution in [3.8, 4) is 5.75 Å². The predicted molar refractivity (Wildman–Crippen MR) is 86.3 cm³/mol. The Labute approximate surface area is 135 Å². The molecule has 0 unspecified atom stereocenters. The quantitative estimate of drug-likeness (QED) is 0.887. The lowest BCUT2D eigenvalue weighted by molar-refractivity contribution is 0.0929. The van der Waals surface area contributed by atoms with Gasteiger partial charge >= 0.3 is 0 Å². The smallest absolute Gasteiger partial charge is 0.255 e. The first-order valence-corrected chi connectivity index (χ1v) is 7.56. The summed E-state index contributed by atoms with van der Waals surface area (Å²) in [7, 11) is 3.44. The Hall–Kier alpha value is -2.01. The lowest BCUT2D eigenvalue weighted by Crippen LogP contribution is -2.30. The number of methoxy groups -OCH3 is 1. The van der Waals surface area contributed by atoms with Crippen molar-refractivity contribution >= 4 is 17.5 Å². The van der Waals surface area contributed by atoms with Crippen LogP contribution in [0.15, 0.2) is 30.6 Å². The summed E-state index contributed by atoms with van der Waals surface area (Å²) in [6.07, 6.45) is 5.33. The molecule has 1 aromatic heterocycles. The summed E-state index contributed by atoms with van der Waals surface area (Å²) in [5.41, 5.74) is 0.422. The molecule has 2 rings (SSSR count). The van der Waals surface area contributed by atoms with Crippen LogP contribution < -0.4 is 10.1 Å². The molecule has 1 heterocycles. The second-order valence-electron chi connectivity index (χ2n) is 5.06. The van der Waals surface area contributed by atoms with Gasteiger partial charge in [0.25, 0.3) is 5.91 Å². The summed E-state index contributed by atoms with van der Waals surface area (Å²) >= 11 is 5.99. The van der Waals surface area contributed by atoms with Gasteiger partial charge in [0.15, 0.2) is 0 Å². The molecule has 0 aliphatic rings. The van der Waals surface area contributed by atoms with Crippen molar-refractivity contribution in [3.63, 3.8) is 0 Å². The number of amides is 1. The molecular formula is C16H20ClN3O2. The molecule has 1 amide bonds. The molecule has 6 heteroatoms.